The summed E-state index contributed by atoms with van der Waals surface area (Å²) >= 11 is 6.84. The molecule has 1 unspecified atom stereocenters. The highest BCUT2D eigenvalue weighted by Gasteiger charge is 2.26. The molecule has 1 aliphatic rings. The van der Waals surface area contributed by atoms with Gasteiger partial charge < -0.3 is 0 Å². The monoisotopic (exact) mass is 264 g/mol. The summed E-state index contributed by atoms with van der Waals surface area (Å²) in [6.07, 6.45) is 6.72. The van der Waals surface area contributed by atoms with Crippen LogP contribution >= 0.6 is 11.6 Å². The molecular formula is C17H25Cl. The Morgan fingerprint density at radius 2 is 1.44 bits per heavy atom. The molecule has 0 N–H and O–H groups in total. The number of hydrogen-bond donors (Lipinski definition) is 0. The molecule has 2 rings (SSSR count). The highest BCUT2D eigenvalue weighted by atomic mass is 35.5. The van der Waals surface area contributed by atoms with Gasteiger partial charge in [0.15, 0.2) is 0 Å². The average molecular weight is 265 g/mol. The first-order valence-electron chi connectivity index (χ1n) is 7.23. The zero-order chi connectivity index (χ0) is 13.3. The van der Waals surface area contributed by atoms with Gasteiger partial charge in [0, 0.05) is 0 Å². The maximum atomic E-state index is 6.84. The standard InChI is InChI=1S/C17H25Cl/c1-11-10-12(2)14(4)16(13(11)3)17(18)15-8-6-5-7-9-15/h10,15,17H,5-9H2,1-4H3. The van der Waals surface area contributed by atoms with E-state index < -0.39 is 0 Å². The predicted octanol–water partition coefficient (Wildman–Crippen LogP) is 5.78. The lowest BCUT2D eigenvalue weighted by Gasteiger charge is -2.29. The first-order chi connectivity index (χ1) is 8.52. The van der Waals surface area contributed by atoms with E-state index in [0.29, 0.717) is 5.92 Å². The van der Waals surface area contributed by atoms with E-state index in [0.717, 1.165) is 0 Å². The Hall–Kier alpha value is -0.490. The van der Waals surface area contributed by atoms with Gasteiger partial charge >= 0.3 is 0 Å². The Balaban J connectivity index is 2.37. The summed E-state index contributed by atoms with van der Waals surface area (Å²) in [5, 5.41) is 0.212. The Morgan fingerprint density at radius 1 is 0.944 bits per heavy atom. The van der Waals surface area contributed by atoms with Crippen LogP contribution in [0.1, 0.15) is 65.3 Å². The van der Waals surface area contributed by atoms with Crippen molar-refractivity contribution in [3.63, 3.8) is 0 Å². The van der Waals surface area contributed by atoms with E-state index in [2.05, 4.69) is 33.8 Å². The molecule has 1 fully saturated rings. The summed E-state index contributed by atoms with van der Waals surface area (Å²) in [5.41, 5.74) is 7.00. The van der Waals surface area contributed by atoms with Crippen molar-refractivity contribution < 1.29 is 0 Å². The molecule has 0 radical (unpaired) electrons. The molecule has 0 spiro atoms. The molecule has 1 aromatic carbocycles. The lowest BCUT2D eigenvalue weighted by Crippen LogP contribution is -2.15. The van der Waals surface area contributed by atoms with Crippen LogP contribution in [0.5, 0.6) is 0 Å². The largest absolute Gasteiger partial charge is 0.118 e. The molecule has 100 valence electrons. The van der Waals surface area contributed by atoms with Crippen LogP contribution in [0.3, 0.4) is 0 Å². The average Bonchev–Trinajstić information content (AvgIpc) is 2.37. The second-order valence-electron chi connectivity index (χ2n) is 5.97. The molecule has 1 saturated carbocycles. The summed E-state index contributed by atoms with van der Waals surface area (Å²) < 4.78 is 0. The van der Waals surface area contributed by atoms with Crippen LogP contribution < -0.4 is 0 Å². The van der Waals surface area contributed by atoms with E-state index in [9.17, 15) is 0 Å². The minimum atomic E-state index is 0.212. The number of rotatable bonds is 2. The number of benzene rings is 1. The summed E-state index contributed by atoms with van der Waals surface area (Å²) in [6, 6.07) is 2.29. The van der Waals surface area contributed by atoms with E-state index in [-0.39, 0.29) is 5.38 Å². The van der Waals surface area contributed by atoms with E-state index >= 15 is 0 Å². The number of halogens is 1. The van der Waals surface area contributed by atoms with Gasteiger partial charge in [-0.3, -0.25) is 0 Å². The molecule has 18 heavy (non-hydrogen) atoms. The molecule has 1 heteroatoms. The summed E-state index contributed by atoms with van der Waals surface area (Å²) in [4.78, 5) is 0. The fourth-order valence-corrected chi connectivity index (χ4v) is 3.90. The minimum Gasteiger partial charge on any atom is -0.118 e. The lowest BCUT2D eigenvalue weighted by molar-refractivity contribution is 0.347. The Morgan fingerprint density at radius 3 is 1.94 bits per heavy atom. The van der Waals surface area contributed by atoms with Gasteiger partial charge in [0.05, 0.1) is 5.38 Å². The molecular weight excluding hydrogens is 240 g/mol. The lowest BCUT2D eigenvalue weighted by atomic mass is 9.81. The van der Waals surface area contributed by atoms with Crippen LogP contribution in [0, 0.1) is 33.6 Å². The molecule has 1 aromatic rings. The van der Waals surface area contributed by atoms with Crippen molar-refractivity contribution in [2.45, 2.75) is 65.2 Å². The molecule has 1 atom stereocenters. The second kappa shape index (κ2) is 5.65. The normalized spacial score (nSPS) is 18.9. The van der Waals surface area contributed by atoms with Gasteiger partial charge in [0.2, 0.25) is 0 Å². The predicted molar refractivity (Wildman–Crippen MR) is 80.6 cm³/mol. The summed E-state index contributed by atoms with van der Waals surface area (Å²) in [5.74, 6) is 0.680. The topological polar surface area (TPSA) is 0 Å². The summed E-state index contributed by atoms with van der Waals surface area (Å²) in [7, 11) is 0. The van der Waals surface area contributed by atoms with Gasteiger partial charge in [-0.1, -0.05) is 25.3 Å². The fourth-order valence-electron chi connectivity index (χ4n) is 3.32. The van der Waals surface area contributed by atoms with Gasteiger partial charge in [-0.05, 0) is 74.3 Å². The van der Waals surface area contributed by atoms with Gasteiger partial charge in [-0.25, -0.2) is 0 Å². The third-order valence-electron chi connectivity index (χ3n) is 4.76. The zero-order valence-corrected chi connectivity index (χ0v) is 12.9. The van der Waals surface area contributed by atoms with Crippen molar-refractivity contribution in [1.82, 2.24) is 0 Å². The molecule has 0 amide bonds. The van der Waals surface area contributed by atoms with Crippen molar-refractivity contribution in [3.8, 4) is 0 Å². The molecule has 0 nitrogen and oxygen atoms in total. The van der Waals surface area contributed by atoms with Crippen molar-refractivity contribution in [1.29, 1.82) is 0 Å². The van der Waals surface area contributed by atoms with E-state index in [1.54, 1.807) is 0 Å². The molecule has 0 heterocycles. The van der Waals surface area contributed by atoms with Crippen LogP contribution in [0.4, 0.5) is 0 Å². The third-order valence-corrected chi connectivity index (χ3v) is 5.34. The van der Waals surface area contributed by atoms with E-state index in [1.165, 1.54) is 59.9 Å². The second-order valence-corrected chi connectivity index (χ2v) is 6.44. The van der Waals surface area contributed by atoms with Crippen LogP contribution in [-0.4, -0.2) is 0 Å². The minimum absolute atomic E-state index is 0.212. The fraction of sp³-hybridized carbons (Fsp3) is 0.647. The molecule has 0 aromatic heterocycles. The maximum Gasteiger partial charge on any atom is 0.0618 e. The van der Waals surface area contributed by atoms with Crippen LogP contribution in [0.2, 0.25) is 0 Å². The molecule has 0 saturated heterocycles. The smallest absolute Gasteiger partial charge is 0.0618 e. The van der Waals surface area contributed by atoms with Gasteiger partial charge in [0.1, 0.15) is 0 Å². The molecule has 0 bridgehead atoms. The van der Waals surface area contributed by atoms with Crippen molar-refractivity contribution in [2.75, 3.05) is 0 Å². The number of hydrogen-bond acceptors (Lipinski definition) is 0. The Labute approximate surface area is 117 Å². The SMILES string of the molecule is Cc1cc(C)c(C)c(C(Cl)C2CCCCC2)c1C. The molecule has 0 aliphatic heterocycles. The quantitative estimate of drug-likeness (QED) is 0.594. The highest BCUT2D eigenvalue weighted by Crippen LogP contribution is 2.42. The van der Waals surface area contributed by atoms with E-state index in [1.807, 2.05) is 0 Å². The Bertz CT molecular complexity index is 401. The van der Waals surface area contributed by atoms with Gasteiger partial charge in [0.25, 0.3) is 0 Å². The summed E-state index contributed by atoms with van der Waals surface area (Å²) in [6.45, 7) is 8.87. The maximum absolute atomic E-state index is 6.84. The zero-order valence-electron chi connectivity index (χ0n) is 12.1. The number of alkyl halides is 1. The Kier molecular flexibility index (Phi) is 4.37. The van der Waals surface area contributed by atoms with Gasteiger partial charge in [-0.15, -0.1) is 11.6 Å². The van der Waals surface area contributed by atoms with Crippen LogP contribution in [0.15, 0.2) is 6.07 Å². The molecule has 1 aliphatic carbocycles. The van der Waals surface area contributed by atoms with Crippen molar-refractivity contribution in [3.05, 3.63) is 33.9 Å². The first kappa shape index (κ1) is 13.9. The van der Waals surface area contributed by atoms with Crippen molar-refractivity contribution in [2.24, 2.45) is 5.92 Å². The van der Waals surface area contributed by atoms with Gasteiger partial charge in [-0.2, -0.15) is 0 Å². The van der Waals surface area contributed by atoms with Crippen LogP contribution in [0.25, 0.3) is 0 Å². The first-order valence-corrected chi connectivity index (χ1v) is 7.67. The highest BCUT2D eigenvalue weighted by molar-refractivity contribution is 6.21. The number of aryl methyl sites for hydroxylation is 2. The van der Waals surface area contributed by atoms with E-state index in [4.69, 9.17) is 11.6 Å². The third kappa shape index (κ3) is 2.59. The van der Waals surface area contributed by atoms with Crippen LogP contribution in [-0.2, 0) is 0 Å². The van der Waals surface area contributed by atoms with Crippen molar-refractivity contribution >= 4 is 11.6 Å².